The number of unbranched alkanes of at least 4 members (excludes halogenated alkanes) is 1. The van der Waals surface area contributed by atoms with E-state index in [1.165, 1.54) is 5.56 Å². The first kappa shape index (κ1) is 28.8. The topological polar surface area (TPSA) is 99.1 Å². The molecule has 1 aliphatic heterocycles. The van der Waals surface area contributed by atoms with E-state index < -0.39 is 17.9 Å². The Morgan fingerprint density at radius 2 is 1.70 bits per heavy atom. The van der Waals surface area contributed by atoms with Crippen LogP contribution in [0, 0.1) is 5.92 Å². The summed E-state index contributed by atoms with van der Waals surface area (Å²) in [7, 11) is 1.62. The average Bonchev–Trinajstić information content (AvgIpc) is 2.95. The van der Waals surface area contributed by atoms with Gasteiger partial charge in [0.1, 0.15) is 11.7 Å². The van der Waals surface area contributed by atoms with Crippen LogP contribution >= 0.6 is 0 Å². The van der Waals surface area contributed by atoms with Crippen LogP contribution in [0.4, 0.5) is 0 Å². The Hall–Kier alpha value is -2.78. The predicted molar refractivity (Wildman–Crippen MR) is 142 cm³/mol. The number of aliphatic hydroxyl groups excluding tert-OH is 1. The molecule has 0 aromatic heterocycles. The fourth-order valence-corrected chi connectivity index (χ4v) is 5.24. The van der Waals surface area contributed by atoms with Crippen molar-refractivity contribution in [1.82, 2.24) is 10.4 Å². The minimum Gasteiger partial charge on any atom is -0.497 e. The number of rotatable bonds is 13. The number of benzene rings is 2. The van der Waals surface area contributed by atoms with Crippen LogP contribution in [0.5, 0.6) is 5.75 Å². The van der Waals surface area contributed by atoms with Gasteiger partial charge in [-0.3, -0.25) is 19.4 Å². The highest BCUT2D eigenvalue weighted by atomic mass is 16.5. The van der Waals surface area contributed by atoms with Gasteiger partial charge in [0.15, 0.2) is 6.10 Å². The number of ether oxygens (including phenoxy) is 1. The molecule has 8 heteroatoms. The number of nitrogens with one attached hydrogen (secondary N) is 1. The van der Waals surface area contributed by atoms with Gasteiger partial charge in [-0.25, -0.2) is 10.3 Å². The van der Waals surface area contributed by atoms with Crippen molar-refractivity contribution in [3.63, 3.8) is 0 Å². The zero-order valence-corrected chi connectivity index (χ0v) is 22.1. The molecule has 0 bridgehead atoms. The monoisotopic (exact) mass is 512 g/mol. The zero-order chi connectivity index (χ0) is 26.7. The van der Waals surface area contributed by atoms with Crippen LogP contribution < -0.4 is 10.2 Å². The second-order valence-electron chi connectivity index (χ2n) is 10.0. The van der Waals surface area contributed by atoms with Crippen LogP contribution in [-0.2, 0) is 22.6 Å². The van der Waals surface area contributed by atoms with E-state index in [-0.39, 0.29) is 10.4 Å². The molecule has 2 aromatic rings. The summed E-state index contributed by atoms with van der Waals surface area (Å²) in [5, 5.41) is 20.0. The number of aryl methyl sites for hydroxylation is 1. The number of carbonyl (C=O) groups is 2. The van der Waals surface area contributed by atoms with Gasteiger partial charge >= 0.3 is 5.91 Å². The van der Waals surface area contributed by atoms with E-state index in [0.29, 0.717) is 38.9 Å². The number of carbonyl (C=O) groups excluding carboxylic acids is 2. The Bertz CT molecular complexity index is 975. The van der Waals surface area contributed by atoms with Crippen LogP contribution in [0.1, 0.15) is 43.7 Å². The van der Waals surface area contributed by atoms with E-state index in [4.69, 9.17) is 4.74 Å². The third-order valence-electron chi connectivity index (χ3n) is 7.56. The quantitative estimate of drug-likeness (QED) is 0.217. The van der Waals surface area contributed by atoms with E-state index in [1.54, 1.807) is 12.6 Å². The molecule has 8 nitrogen and oxygen atoms in total. The van der Waals surface area contributed by atoms with Crippen LogP contribution in [-0.4, -0.2) is 77.4 Å². The highest BCUT2D eigenvalue weighted by Gasteiger charge is 2.47. The lowest BCUT2D eigenvalue weighted by Crippen LogP contribution is -2.65. The van der Waals surface area contributed by atoms with Gasteiger partial charge < -0.3 is 9.84 Å². The molecule has 1 fully saturated rings. The molecular weight excluding hydrogens is 470 g/mol. The van der Waals surface area contributed by atoms with Crippen molar-refractivity contribution in [2.24, 2.45) is 5.92 Å². The number of hydrogen-bond donors (Lipinski definition) is 3. The third-order valence-corrected chi connectivity index (χ3v) is 7.56. The summed E-state index contributed by atoms with van der Waals surface area (Å²) in [6, 6.07) is 18.1. The molecule has 0 radical (unpaired) electrons. The molecule has 202 valence electrons. The highest BCUT2D eigenvalue weighted by molar-refractivity contribution is 5.86. The van der Waals surface area contributed by atoms with Gasteiger partial charge in [0.2, 0.25) is 0 Å². The van der Waals surface area contributed by atoms with Gasteiger partial charge in [0.25, 0.3) is 5.91 Å². The fourth-order valence-electron chi connectivity index (χ4n) is 5.24. The Balaban J connectivity index is 1.72. The smallest absolute Gasteiger partial charge is 0.320 e. The lowest BCUT2D eigenvalue weighted by atomic mass is 9.90. The molecule has 3 N–H and O–H groups in total. The van der Waals surface area contributed by atoms with Crippen molar-refractivity contribution in [3.05, 3.63) is 65.7 Å². The van der Waals surface area contributed by atoms with Gasteiger partial charge in [-0.1, -0.05) is 55.8 Å². The molecule has 37 heavy (non-hydrogen) atoms. The van der Waals surface area contributed by atoms with Crippen molar-refractivity contribution in [2.75, 3.05) is 39.8 Å². The average molecular weight is 513 g/mol. The van der Waals surface area contributed by atoms with E-state index in [0.717, 1.165) is 43.8 Å². The normalized spacial score (nSPS) is 17.1. The highest BCUT2D eigenvalue weighted by Crippen LogP contribution is 2.26. The molecule has 0 unspecified atom stereocenters. The molecule has 2 amide bonds. The van der Waals surface area contributed by atoms with Gasteiger partial charge in [-0.2, -0.15) is 0 Å². The Labute approximate surface area is 220 Å². The first-order valence-corrected chi connectivity index (χ1v) is 13.3. The summed E-state index contributed by atoms with van der Waals surface area (Å²) in [6.07, 6.45) is 1.97. The number of nitrogens with zero attached hydrogens (tertiary/aromatic N) is 2. The van der Waals surface area contributed by atoms with E-state index in [2.05, 4.69) is 24.0 Å². The first-order valence-electron chi connectivity index (χ1n) is 13.3. The molecule has 1 aliphatic rings. The molecule has 2 aromatic carbocycles. The van der Waals surface area contributed by atoms with Crippen LogP contribution in [0.3, 0.4) is 0 Å². The molecule has 1 saturated heterocycles. The van der Waals surface area contributed by atoms with Crippen molar-refractivity contribution < 1.29 is 29.1 Å². The maximum Gasteiger partial charge on any atom is 0.320 e. The minimum absolute atomic E-state index is 0.0985. The van der Waals surface area contributed by atoms with Crippen LogP contribution in [0.2, 0.25) is 0 Å². The summed E-state index contributed by atoms with van der Waals surface area (Å²) in [4.78, 5) is 28.7. The van der Waals surface area contributed by atoms with Crippen molar-refractivity contribution in [3.8, 4) is 5.75 Å². The number of piperazine rings is 1. The minimum atomic E-state index is -1.59. The largest absolute Gasteiger partial charge is 0.497 e. The third kappa shape index (κ3) is 7.85. The molecule has 1 heterocycles. The van der Waals surface area contributed by atoms with Crippen molar-refractivity contribution in [1.29, 1.82) is 0 Å². The molecule has 0 aliphatic carbocycles. The number of amides is 2. The van der Waals surface area contributed by atoms with Gasteiger partial charge in [0.05, 0.1) is 26.7 Å². The molecule has 0 spiro atoms. The lowest BCUT2D eigenvalue weighted by Gasteiger charge is -2.44. The number of quaternary nitrogens is 1. The zero-order valence-electron chi connectivity index (χ0n) is 22.1. The van der Waals surface area contributed by atoms with Crippen LogP contribution in [0.15, 0.2) is 54.6 Å². The number of hydroxylamine groups is 1. The van der Waals surface area contributed by atoms with Crippen LogP contribution in [0.25, 0.3) is 0 Å². The van der Waals surface area contributed by atoms with E-state index >= 15 is 0 Å². The summed E-state index contributed by atoms with van der Waals surface area (Å²) >= 11 is 0. The first-order chi connectivity index (χ1) is 17.9. The molecule has 3 rings (SSSR count). The predicted octanol–water partition coefficient (Wildman–Crippen LogP) is 3.16. The summed E-state index contributed by atoms with van der Waals surface area (Å²) in [5.41, 5.74) is 3.88. The molecule has 0 saturated carbocycles. The van der Waals surface area contributed by atoms with Crippen molar-refractivity contribution in [2.45, 2.75) is 51.7 Å². The summed E-state index contributed by atoms with van der Waals surface area (Å²) < 4.78 is 5.48. The Morgan fingerprint density at radius 1 is 1.03 bits per heavy atom. The number of hydrogen-bond acceptors (Lipinski definition) is 6. The van der Waals surface area contributed by atoms with Gasteiger partial charge in [0, 0.05) is 19.6 Å². The molecule has 2 atom stereocenters. The lowest BCUT2D eigenvalue weighted by molar-refractivity contribution is -0.861. The summed E-state index contributed by atoms with van der Waals surface area (Å²) in [5.74, 6) is -1.14. The SMILES string of the molecule is CCCC[N+]1(C(=O)[C@H](CCCc2ccc(OC)cc2)[C@H](O)C(=O)NO)CCN(Cc2ccccc2)CC1. The maximum absolute atomic E-state index is 14.1. The van der Waals surface area contributed by atoms with E-state index in [9.17, 15) is 19.9 Å². The van der Waals surface area contributed by atoms with Crippen molar-refractivity contribution >= 4 is 11.8 Å². The Kier molecular flexibility index (Phi) is 11.1. The standard InChI is InChI=1S/C29H41N3O5/c1-3-4-19-32(20-17-31(18-21-32)22-24-9-6-5-7-10-24)29(35)26(27(33)28(34)30-36)12-8-11-23-13-15-25(37-2)16-14-23/h5-7,9-10,13-16,26-27,33H,3-4,8,11-12,17-22H2,1-2H3,(H-,30,34,36)/p+1/t26-,27+/m1/s1. The maximum atomic E-state index is 14.1. The molecular formula is C29H42N3O5+. The second kappa shape index (κ2) is 14.2. The second-order valence-corrected chi connectivity index (χ2v) is 10.0. The van der Waals surface area contributed by atoms with Gasteiger partial charge in [-0.05, 0) is 48.9 Å². The number of aliphatic hydroxyl groups is 1. The van der Waals surface area contributed by atoms with Gasteiger partial charge in [-0.15, -0.1) is 0 Å². The Morgan fingerprint density at radius 3 is 2.30 bits per heavy atom. The number of methoxy groups -OCH3 is 1. The fraction of sp³-hybridized carbons (Fsp3) is 0.517. The summed E-state index contributed by atoms with van der Waals surface area (Å²) in [6.45, 7) is 6.46. The van der Waals surface area contributed by atoms with E-state index in [1.807, 2.05) is 42.5 Å².